The normalized spacial score (nSPS) is 18.1. The molecule has 3 heterocycles. The van der Waals surface area contributed by atoms with Gasteiger partial charge in [-0.15, -0.1) is 11.3 Å². The standard InChI is InChI=1S/C20H24N4O4S/c25-20(23-7-5-21(6-8-23)15-17-2-1-13-29-17)18-14-16(24(26)27)3-4-19(18)22-9-11-28-12-10-22/h1-4,13-14H,5-12,15H2. The van der Waals surface area contributed by atoms with Gasteiger partial charge in [0.25, 0.3) is 11.6 Å². The SMILES string of the molecule is O=C(c1cc([N+](=O)[O-])ccc1N1CCOCC1)N1CCN(Cc2cccs2)CC1. The lowest BCUT2D eigenvalue weighted by Crippen LogP contribution is -2.48. The topological polar surface area (TPSA) is 79.2 Å². The molecule has 0 radical (unpaired) electrons. The van der Waals surface area contributed by atoms with Crippen LogP contribution in [-0.2, 0) is 11.3 Å². The molecule has 0 unspecified atom stereocenters. The summed E-state index contributed by atoms with van der Waals surface area (Å²) in [6.07, 6.45) is 0. The summed E-state index contributed by atoms with van der Waals surface area (Å²) >= 11 is 1.74. The first kappa shape index (κ1) is 19.8. The highest BCUT2D eigenvalue weighted by Gasteiger charge is 2.27. The van der Waals surface area contributed by atoms with E-state index in [-0.39, 0.29) is 11.6 Å². The summed E-state index contributed by atoms with van der Waals surface area (Å²) in [4.78, 5) is 31.7. The monoisotopic (exact) mass is 416 g/mol. The fourth-order valence-corrected chi connectivity index (χ4v) is 4.54. The highest BCUT2D eigenvalue weighted by atomic mass is 32.1. The summed E-state index contributed by atoms with van der Waals surface area (Å²) in [5.74, 6) is -0.133. The molecule has 1 amide bonds. The van der Waals surface area contributed by atoms with Crippen LogP contribution in [0.25, 0.3) is 0 Å². The predicted octanol–water partition coefficient (Wildman–Crippen LogP) is 2.45. The molecule has 2 aliphatic rings. The number of rotatable bonds is 5. The second kappa shape index (κ2) is 8.89. The van der Waals surface area contributed by atoms with Crippen molar-refractivity contribution in [3.8, 4) is 0 Å². The Morgan fingerprint density at radius 3 is 2.52 bits per heavy atom. The van der Waals surface area contributed by atoms with E-state index < -0.39 is 4.92 Å². The van der Waals surface area contributed by atoms with E-state index in [1.807, 2.05) is 4.90 Å². The zero-order valence-electron chi connectivity index (χ0n) is 16.2. The molecule has 2 saturated heterocycles. The highest BCUT2D eigenvalue weighted by molar-refractivity contribution is 7.09. The van der Waals surface area contributed by atoms with Crippen LogP contribution in [0.15, 0.2) is 35.7 Å². The molecular weight excluding hydrogens is 392 g/mol. The molecule has 0 aliphatic carbocycles. The lowest BCUT2D eigenvalue weighted by atomic mass is 10.1. The van der Waals surface area contributed by atoms with Gasteiger partial charge in [-0.25, -0.2) is 0 Å². The first-order valence-electron chi connectivity index (χ1n) is 9.77. The first-order valence-corrected chi connectivity index (χ1v) is 10.6. The Kier molecular flexibility index (Phi) is 6.08. The zero-order chi connectivity index (χ0) is 20.2. The third kappa shape index (κ3) is 4.58. The van der Waals surface area contributed by atoms with E-state index in [1.54, 1.807) is 17.4 Å². The second-order valence-corrected chi connectivity index (χ2v) is 8.24. The molecule has 0 atom stereocenters. The van der Waals surface area contributed by atoms with E-state index in [0.717, 1.165) is 25.3 Å². The molecule has 0 saturated carbocycles. The second-order valence-electron chi connectivity index (χ2n) is 7.21. The van der Waals surface area contributed by atoms with E-state index in [4.69, 9.17) is 4.74 Å². The molecule has 2 fully saturated rings. The van der Waals surface area contributed by atoms with E-state index in [9.17, 15) is 14.9 Å². The minimum Gasteiger partial charge on any atom is -0.378 e. The number of piperazine rings is 1. The number of non-ortho nitro benzene ring substituents is 1. The van der Waals surface area contributed by atoms with Crippen molar-refractivity contribution < 1.29 is 14.5 Å². The number of nitrogens with zero attached hydrogens (tertiary/aromatic N) is 4. The molecule has 0 N–H and O–H groups in total. The number of ether oxygens (including phenoxy) is 1. The number of hydrogen-bond acceptors (Lipinski definition) is 7. The Morgan fingerprint density at radius 1 is 1.10 bits per heavy atom. The molecule has 1 aromatic carbocycles. The number of morpholine rings is 1. The van der Waals surface area contributed by atoms with Gasteiger partial charge in [-0.1, -0.05) is 6.07 Å². The van der Waals surface area contributed by atoms with E-state index in [2.05, 4.69) is 27.3 Å². The van der Waals surface area contributed by atoms with Crippen LogP contribution in [0.3, 0.4) is 0 Å². The number of benzene rings is 1. The van der Waals surface area contributed by atoms with Crippen LogP contribution in [-0.4, -0.2) is 73.1 Å². The fraction of sp³-hybridized carbons (Fsp3) is 0.450. The average Bonchev–Trinajstić information content (AvgIpc) is 3.27. The third-order valence-corrected chi connectivity index (χ3v) is 6.25. The number of carbonyl (C=O) groups is 1. The molecule has 4 rings (SSSR count). The summed E-state index contributed by atoms with van der Waals surface area (Å²) < 4.78 is 5.40. The fourth-order valence-electron chi connectivity index (χ4n) is 3.79. The summed E-state index contributed by atoms with van der Waals surface area (Å²) in [7, 11) is 0. The van der Waals surface area contributed by atoms with Crippen molar-refractivity contribution in [2.24, 2.45) is 0 Å². The summed E-state index contributed by atoms with van der Waals surface area (Å²) in [6.45, 7) is 6.26. The van der Waals surface area contributed by atoms with Gasteiger partial charge in [-0.3, -0.25) is 19.8 Å². The maximum absolute atomic E-state index is 13.3. The molecule has 154 valence electrons. The van der Waals surface area contributed by atoms with Crippen LogP contribution in [0.5, 0.6) is 0 Å². The number of anilines is 1. The van der Waals surface area contributed by atoms with Gasteiger partial charge in [0.15, 0.2) is 0 Å². The maximum atomic E-state index is 13.3. The van der Waals surface area contributed by atoms with Crippen LogP contribution in [0.2, 0.25) is 0 Å². The Labute approximate surface area is 173 Å². The molecule has 2 aliphatic heterocycles. The van der Waals surface area contributed by atoms with Gasteiger partial charge >= 0.3 is 0 Å². The first-order chi connectivity index (χ1) is 14.1. The molecule has 0 bridgehead atoms. The quantitative estimate of drug-likeness (QED) is 0.550. The zero-order valence-corrected chi connectivity index (χ0v) is 17.0. The Balaban J connectivity index is 1.49. The molecule has 0 spiro atoms. The lowest BCUT2D eigenvalue weighted by Gasteiger charge is -2.36. The van der Waals surface area contributed by atoms with Crippen molar-refractivity contribution in [1.82, 2.24) is 9.80 Å². The van der Waals surface area contributed by atoms with Gasteiger partial charge in [-0.05, 0) is 17.5 Å². The lowest BCUT2D eigenvalue weighted by molar-refractivity contribution is -0.384. The minimum absolute atomic E-state index is 0.0540. The number of nitro benzene ring substituents is 1. The van der Waals surface area contributed by atoms with Crippen LogP contribution >= 0.6 is 11.3 Å². The number of amides is 1. The van der Waals surface area contributed by atoms with Gasteiger partial charge in [0.2, 0.25) is 0 Å². The van der Waals surface area contributed by atoms with Crippen LogP contribution in [0.1, 0.15) is 15.2 Å². The van der Waals surface area contributed by atoms with Gasteiger partial charge in [0.05, 0.1) is 29.4 Å². The Hall–Kier alpha value is -2.49. The number of nitro groups is 1. The predicted molar refractivity (Wildman–Crippen MR) is 112 cm³/mol. The van der Waals surface area contributed by atoms with Crippen molar-refractivity contribution in [2.75, 3.05) is 57.4 Å². The van der Waals surface area contributed by atoms with Gasteiger partial charge in [-0.2, -0.15) is 0 Å². The molecule has 1 aromatic heterocycles. The highest BCUT2D eigenvalue weighted by Crippen LogP contribution is 2.28. The van der Waals surface area contributed by atoms with Crippen molar-refractivity contribution in [3.63, 3.8) is 0 Å². The maximum Gasteiger partial charge on any atom is 0.270 e. The van der Waals surface area contributed by atoms with Crippen molar-refractivity contribution >= 4 is 28.6 Å². The molecule has 2 aromatic rings. The van der Waals surface area contributed by atoms with Gasteiger partial charge in [0, 0.05) is 62.8 Å². The molecular formula is C20H24N4O4S. The van der Waals surface area contributed by atoms with Crippen LogP contribution in [0, 0.1) is 10.1 Å². The van der Waals surface area contributed by atoms with E-state index in [1.165, 1.54) is 17.0 Å². The van der Waals surface area contributed by atoms with Crippen molar-refractivity contribution in [2.45, 2.75) is 6.54 Å². The number of thiophene rings is 1. The smallest absolute Gasteiger partial charge is 0.270 e. The van der Waals surface area contributed by atoms with Gasteiger partial charge < -0.3 is 14.5 Å². The minimum atomic E-state index is -0.446. The number of carbonyl (C=O) groups excluding carboxylic acids is 1. The van der Waals surface area contributed by atoms with E-state index in [0.29, 0.717) is 45.0 Å². The number of hydrogen-bond donors (Lipinski definition) is 0. The van der Waals surface area contributed by atoms with Crippen LogP contribution in [0.4, 0.5) is 11.4 Å². The van der Waals surface area contributed by atoms with Gasteiger partial charge in [0.1, 0.15) is 0 Å². The summed E-state index contributed by atoms with van der Waals surface area (Å²) in [5, 5.41) is 13.3. The summed E-state index contributed by atoms with van der Waals surface area (Å²) in [6, 6.07) is 8.77. The molecule has 8 nitrogen and oxygen atoms in total. The molecule has 9 heteroatoms. The Bertz CT molecular complexity index is 859. The largest absolute Gasteiger partial charge is 0.378 e. The van der Waals surface area contributed by atoms with Crippen molar-refractivity contribution in [3.05, 3.63) is 56.3 Å². The van der Waals surface area contributed by atoms with E-state index >= 15 is 0 Å². The van der Waals surface area contributed by atoms with Crippen LogP contribution < -0.4 is 4.90 Å². The Morgan fingerprint density at radius 2 is 1.86 bits per heavy atom. The third-order valence-electron chi connectivity index (χ3n) is 5.39. The molecule has 29 heavy (non-hydrogen) atoms. The van der Waals surface area contributed by atoms with Crippen molar-refractivity contribution in [1.29, 1.82) is 0 Å². The summed E-state index contributed by atoms with van der Waals surface area (Å²) in [5.41, 5.74) is 1.11. The average molecular weight is 417 g/mol.